The van der Waals surface area contributed by atoms with Gasteiger partial charge in [-0.15, -0.1) is 17.0 Å². The molecule has 0 aromatic heterocycles. The quantitative estimate of drug-likeness (QED) is 0.610. The van der Waals surface area contributed by atoms with Gasteiger partial charge in [-0.1, -0.05) is 6.42 Å². The number of ketones is 1. The number of benzene rings is 2. The molecular formula is C22H24BrFN2O3. The van der Waals surface area contributed by atoms with Crippen molar-refractivity contribution >= 4 is 34.3 Å². The number of hydrogen-bond acceptors (Lipinski definition) is 5. The largest absolute Gasteiger partial charge is 0.486 e. The topological polar surface area (TPSA) is 51.1 Å². The molecule has 2 aromatic rings. The van der Waals surface area contributed by atoms with E-state index in [-0.39, 0.29) is 35.1 Å². The van der Waals surface area contributed by atoms with Gasteiger partial charge < -0.3 is 14.4 Å². The number of halogens is 2. The molecule has 0 amide bonds. The molecule has 4 rings (SSSR count). The summed E-state index contributed by atoms with van der Waals surface area (Å²) in [6, 6.07) is 11.4. The van der Waals surface area contributed by atoms with Crippen LogP contribution in [0.1, 0.15) is 36.0 Å². The van der Waals surface area contributed by atoms with Gasteiger partial charge in [0.2, 0.25) is 0 Å². The summed E-state index contributed by atoms with van der Waals surface area (Å²) < 4.78 is 24.5. The molecule has 0 aliphatic carbocycles. The molecule has 154 valence electrons. The van der Waals surface area contributed by atoms with Crippen LogP contribution in [-0.4, -0.2) is 37.9 Å². The zero-order valence-corrected chi connectivity index (χ0v) is 17.8. The summed E-state index contributed by atoms with van der Waals surface area (Å²) in [4.78, 5) is 19.6. The number of Topliss-reactive ketones (excluding diaryl/α,β-unsaturated/α-hetero) is 1. The van der Waals surface area contributed by atoms with Crippen LogP contribution in [0.4, 0.5) is 10.1 Å². The minimum Gasteiger partial charge on any atom is -0.486 e. The van der Waals surface area contributed by atoms with Crippen LogP contribution in [0.5, 0.6) is 11.5 Å². The summed E-state index contributed by atoms with van der Waals surface area (Å²) in [6.07, 6.45) is 4.06. The summed E-state index contributed by atoms with van der Waals surface area (Å²) >= 11 is 0. The standard InChI is InChI=1S/C22H23FN2O3.BrH/c23-17-7-5-16(6-8-17)19(26)15-25(22-4-2-1-3-11-24-22)18-9-10-20-21(14-18)28-13-12-27-20;/h5-10,14H,1-4,11-13,15H2;1H. The van der Waals surface area contributed by atoms with E-state index in [0.717, 1.165) is 43.8 Å². The number of hydrogen-bond donors (Lipinski definition) is 0. The molecule has 2 aliphatic rings. The summed E-state index contributed by atoms with van der Waals surface area (Å²) in [6.45, 7) is 1.95. The molecule has 0 spiro atoms. The minimum atomic E-state index is -0.353. The molecule has 2 aromatic carbocycles. The van der Waals surface area contributed by atoms with Crippen LogP contribution in [0, 0.1) is 5.82 Å². The lowest BCUT2D eigenvalue weighted by molar-refractivity contribution is 0.100. The Morgan fingerprint density at radius 1 is 1.00 bits per heavy atom. The van der Waals surface area contributed by atoms with Gasteiger partial charge in [0.25, 0.3) is 0 Å². The molecule has 0 atom stereocenters. The van der Waals surface area contributed by atoms with Gasteiger partial charge in [0.1, 0.15) is 24.9 Å². The van der Waals surface area contributed by atoms with Gasteiger partial charge in [-0.05, 0) is 49.2 Å². The lowest BCUT2D eigenvalue weighted by Gasteiger charge is -2.27. The third-order valence-corrected chi connectivity index (χ3v) is 4.97. The molecule has 29 heavy (non-hydrogen) atoms. The Labute approximate surface area is 180 Å². The number of anilines is 1. The van der Waals surface area contributed by atoms with E-state index in [9.17, 15) is 9.18 Å². The Kier molecular flexibility index (Phi) is 7.25. The van der Waals surface area contributed by atoms with Crippen LogP contribution in [0.25, 0.3) is 0 Å². The van der Waals surface area contributed by atoms with Crippen LogP contribution in [0.3, 0.4) is 0 Å². The average molecular weight is 463 g/mol. The third-order valence-electron chi connectivity index (χ3n) is 4.97. The van der Waals surface area contributed by atoms with E-state index in [1.165, 1.54) is 24.3 Å². The molecule has 7 heteroatoms. The number of carbonyl (C=O) groups is 1. The van der Waals surface area contributed by atoms with Crippen LogP contribution in [0.15, 0.2) is 47.5 Å². The maximum atomic E-state index is 13.2. The number of carbonyl (C=O) groups excluding carboxylic acids is 1. The van der Waals surface area contributed by atoms with E-state index in [2.05, 4.69) is 0 Å². The Bertz CT molecular complexity index is 886. The fraction of sp³-hybridized carbons (Fsp3) is 0.364. The van der Waals surface area contributed by atoms with E-state index in [1.54, 1.807) is 0 Å². The van der Waals surface area contributed by atoms with Crippen LogP contribution in [-0.2, 0) is 0 Å². The van der Waals surface area contributed by atoms with E-state index in [1.807, 2.05) is 23.1 Å². The first-order valence-electron chi connectivity index (χ1n) is 9.70. The first-order chi connectivity index (χ1) is 13.7. The van der Waals surface area contributed by atoms with Gasteiger partial charge in [-0.2, -0.15) is 0 Å². The van der Waals surface area contributed by atoms with Crippen molar-refractivity contribution < 1.29 is 18.7 Å². The highest BCUT2D eigenvalue weighted by molar-refractivity contribution is 8.93. The van der Waals surface area contributed by atoms with Crippen molar-refractivity contribution in [3.8, 4) is 11.5 Å². The lowest BCUT2D eigenvalue weighted by atomic mass is 10.1. The summed E-state index contributed by atoms with van der Waals surface area (Å²) in [7, 11) is 0. The SMILES string of the molecule is Br.O=C(CN(C1=NCCCCC1)c1ccc2c(c1)OCCO2)c1ccc(F)cc1. The summed E-state index contributed by atoms with van der Waals surface area (Å²) in [5.74, 6) is 1.86. The zero-order valence-electron chi connectivity index (χ0n) is 16.1. The van der Waals surface area contributed by atoms with E-state index < -0.39 is 0 Å². The van der Waals surface area contributed by atoms with Gasteiger partial charge in [-0.25, -0.2) is 4.39 Å². The normalized spacial score (nSPS) is 15.6. The minimum absolute atomic E-state index is 0. The van der Waals surface area contributed by atoms with Crippen molar-refractivity contribution in [1.29, 1.82) is 0 Å². The van der Waals surface area contributed by atoms with Gasteiger partial charge in [-0.3, -0.25) is 9.79 Å². The molecule has 2 heterocycles. The third kappa shape index (κ3) is 5.15. The lowest BCUT2D eigenvalue weighted by Crippen LogP contribution is -2.36. The van der Waals surface area contributed by atoms with Gasteiger partial charge in [0.15, 0.2) is 17.3 Å². The number of fused-ring (bicyclic) bond motifs is 1. The van der Waals surface area contributed by atoms with E-state index in [4.69, 9.17) is 14.5 Å². The van der Waals surface area contributed by atoms with E-state index >= 15 is 0 Å². The second kappa shape index (κ2) is 9.87. The van der Waals surface area contributed by atoms with Crippen LogP contribution >= 0.6 is 17.0 Å². The van der Waals surface area contributed by atoms with Gasteiger partial charge >= 0.3 is 0 Å². The molecule has 0 bridgehead atoms. The number of amidine groups is 1. The monoisotopic (exact) mass is 462 g/mol. The second-order valence-electron chi connectivity index (χ2n) is 6.95. The molecule has 0 radical (unpaired) electrons. The van der Waals surface area contributed by atoms with Crippen molar-refractivity contribution in [2.75, 3.05) is 31.2 Å². The van der Waals surface area contributed by atoms with Crippen molar-refractivity contribution in [1.82, 2.24) is 0 Å². The Balaban J connectivity index is 0.00000240. The molecule has 0 saturated carbocycles. The number of nitrogens with zero attached hydrogens (tertiary/aromatic N) is 2. The average Bonchev–Trinajstić information content (AvgIpc) is 3.01. The zero-order chi connectivity index (χ0) is 19.3. The highest BCUT2D eigenvalue weighted by atomic mass is 79.9. The Hall–Kier alpha value is -2.41. The number of aliphatic imine (C=N–C) groups is 1. The van der Waals surface area contributed by atoms with Crippen molar-refractivity contribution in [2.45, 2.75) is 25.7 Å². The van der Waals surface area contributed by atoms with Crippen molar-refractivity contribution in [2.24, 2.45) is 4.99 Å². The maximum absolute atomic E-state index is 13.2. The number of rotatable bonds is 4. The van der Waals surface area contributed by atoms with Crippen molar-refractivity contribution in [3.05, 3.63) is 53.8 Å². The highest BCUT2D eigenvalue weighted by Crippen LogP contribution is 2.34. The second-order valence-corrected chi connectivity index (χ2v) is 6.95. The fourth-order valence-corrected chi connectivity index (χ4v) is 3.48. The van der Waals surface area contributed by atoms with Gasteiger partial charge in [0, 0.05) is 30.3 Å². The summed E-state index contributed by atoms with van der Waals surface area (Å²) in [5.41, 5.74) is 1.33. The van der Waals surface area contributed by atoms with Crippen molar-refractivity contribution in [3.63, 3.8) is 0 Å². The Morgan fingerprint density at radius 3 is 2.55 bits per heavy atom. The Morgan fingerprint density at radius 2 is 1.76 bits per heavy atom. The predicted octanol–water partition coefficient (Wildman–Crippen LogP) is 4.84. The summed E-state index contributed by atoms with van der Waals surface area (Å²) in [5, 5.41) is 0. The first kappa shape index (κ1) is 21.3. The maximum Gasteiger partial charge on any atom is 0.182 e. The molecular weight excluding hydrogens is 439 g/mol. The molecule has 2 aliphatic heterocycles. The smallest absolute Gasteiger partial charge is 0.182 e. The van der Waals surface area contributed by atoms with Gasteiger partial charge in [0.05, 0.1) is 6.54 Å². The first-order valence-corrected chi connectivity index (χ1v) is 9.70. The predicted molar refractivity (Wildman–Crippen MR) is 117 cm³/mol. The number of ether oxygens (including phenoxy) is 2. The molecule has 0 fully saturated rings. The molecule has 5 nitrogen and oxygen atoms in total. The van der Waals surface area contributed by atoms with E-state index in [0.29, 0.717) is 30.3 Å². The fourth-order valence-electron chi connectivity index (χ4n) is 3.48. The molecule has 0 N–H and O–H groups in total. The molecule has 0 saturated heterocycles. The van der Waals surface area contributed by atoms with Crippen LogP contribution < -0.4 is 14.4 Å². The highest BCUT2D eigenvalue weighted by Gasteiger charge is 2.22. The van der Waals surface area contributed by atoms with Crippen LogP contribution in [0.2, 0.25) is 0 Å². The molecule has 0 unspecified atom stereocenters.